The zero-order valence-electron chi connectivity index (χ0n) is 10.7. The lowest BCUT2D eigenvalue weighted by atomic mass is 10.0. The third-order valence-corrected chi connectivity index (χ3v) is 3.64. The highest BCUT2D eigenvalue weighted by Crippen LogP contribution is 2.36. The molecule has 0 bridgehead atoms. The number of hydrogen-bond acceptors (Lipinski definition) is 1. The Balaban J connectivity index is 2.18. The second kappa shape index (κ2) is 5.45. The van der Waals surface area contributed by atoms with Crippen LogP contribution in [0.2, 0.25) is 5.02 Å². The van der Waals surface area contributed by atoms with Crippen molar-refractivity contribution in [2.45, 2.75) is 38.2 Å². The fraction of sp³-hybridized carbons (Fsp3) is 0.500. The summed E-state index contributed by atoms with van der Waals surface area (Å²) in [5.41, 5.74) is 0.842. The van der Waals surface area contributed by atoms with E-state index < -0.39 is 18.3 Å². The van der Waals surface area contributed by atoms with Gasteiger partial charge in [0.05, 0.1) is 12.5 Å². The van der Waals surface area contributed by atoms with Crippen LogP contribution in [0, 0.1) is 0 Å². The molecule has 0 spiro atoms. The van der Waals surface area contributed by atoms with Gasteiger partial charge in [-0.3, -0.25) is 4.79 Å². The van der Waals surface area contributed by atoms with Gasteiger partial charge in [-0.1, -0.05) is 29.8 Å². The van der Waals surface area contributed by atoms with E-state index in [4.69, 9.17) is 11.6 Å². The minimum absolute atomic E-state index is 0.177. The number of halogens is 3. The second-order valence-electron chi connectivity index (χ2n) is 5.01. The Morgan fingerprint density at radius 1 is 1.47 bits per heavy atom. The first-order chi connectivity index (χ1) is 8.88. The maximum Gasteiger partial charge on any atom is 0.254 e. The van der Waals surface area contributed by atoms with E-state index in [2.05, 4.69) is 0 Å². The predicted octanol–water partition coefficient (Wildman–Crippen LogP) is 4.05. The standard InChI is InChI=1S/C14H16ClF2NO/c1-14(16,17)9-13(19)18-8-4-7-12(18)10-5-2-3-6-11(10)15/h2-3,5-6,12H,4,7-9H2,1H3. The first-order valence-corrected chi connectivity index (χ1v) is 6.68. The van der Waals surface area contributed by atoms with Crippen molar-refractivity contribution in [3.8, 4) is 0 Å². The van der Waals surface area contributed by atoms with E-state index in [0.29, 0.717) is 11.6 Å². The Labute approximate surface area is 116 Å². The molecule has 1 fully saturated rings. The first-order valence-electron chi connectivity index (χ1n) is 6.30. The van der Waals surface area contributed by atoms with Crippen LogP contribution in [0.5, 0.6) is 0 Å². The Kier molecular flexibility index (Phi) is 4.09. The van der Waals surface area contributed by atoms with Gasteiger partial charge in [-0.2, -0.15) is 0 Å². The molecule has 1 heterocycles. The van der Waals surface area contributed by atoms with Crippen LogP contribution in [0.3, 0.4) is 0 Å². The van der Waals surface area contributed by atoms with Crippen molar-refractivity contribution in [1.29, 1.82) is 0 Å². The van der Waals surface area contributed by atoms with Crippen molar-refractivity contribution >= 4 is 17.5 Å². The number of alkyl halides is 2. The number of nitrogens with zero attached hydrogens (tertiary/aromatic N) is 1. The maximum atomic E-state index is 13.0. The van der Waals surface area contributed by atoms with Crippen molar-refractivity contribution in [2.24, 2.45) is 0 Å². The molecule has 0 radical (unpaired) electrons. The molecule has 0 saturated carbocycles. The number of rotatable bonds is 3. The summed E-state index contributed by atoms with van der Waals surface area (Å²) in [6.07, 6.45) is 0.843. The van der Waals surface area contributed by atoms with E-state index in [1.54, 1.807) is 6.07 Å². The third-order valence-electron chi connectivity index (χ3n) is 3.30. The molecule has 1 aliphatic rings. The smallest absolute Gasteiger partial charge is 0.254 e. The topological polar surface area (TPSA) is 20.3 Å². The molecule has 1 aliphatic heterocycles. The number of hydrogen-bond donors (Lipinski definition) is 0. The van der Waals surface area contributed by atoms with Gasteiger partial charge in [0, 0.05) is 11.6 Å². The van der Waals surface area contributed by atoms with E-state index in [1.165, 1.54) is 4.90 Å². The number of benzene rings is 1. The van der Waals surface area contributed by atoms with E-state index in [0.717, 1.165) is 25.3 Å². The number of carbonyl (C=O) groups is 1. The van der Waals surface area contributed by atoms with Crippen LogP contribution >= 0.6 is 11.6 Å². The Bertz CT molecular complexity index is 473. The molecule has 1 atom stereocenters. The summed E-state index contributed by atoms with van der Waals surface area (Å²) >= 11 is 6.12. The molecule has 1 aromatic rings. The van der Waals surface area contributed by atoms with Gasteiger partial charge < -0.3 is 4.90 Å². The van der Waals surface area contributed by atoms with Gasteiger partial charge in [0.1, 0.15) is 0 Å². The van der Waals surface area contributed by atoms with Crippen LogP contribution in [-0.4, -0.2) is 23.3 Å². The van der Waals surface area contributed by atoms with Gasteiger partial charge in [-0.25, -0.2) is 8.78 Å². The molecule has 0 N–H and O–H groups in total. The van der Waals surface area contributed by atoms with Crippen LogP contribution in [-0.2, 0) is 4.79 Å². The van der Waals surface area contributed by atoms with Crippen LogP contribution in [0.25, 0.3) is 0 Å². The van der Waals surface area contributed by atoms with Gasteiger partial charge in [0.25, 0.3) is 5.92 Å². The average molecular weight is 288 g/mol. The minimum Gasteiger partial charge on any atom is -0.335 e. The highest BCUT2D eigenvalue weighted by molar-refractivity contribution is 6.31. The fourth-order valence-corrected chi connectivity index (χ4v) is 2.76. The van der Waals surface area contributed by atoms with Gasteiger partial charge in [-0.05, 0) is 31.4 Å². The van der Waals surface area contributed by atoms with Crippen molar-refractivity contribution in [2.75, 3.05) is 6.54 Å². The monoisotopic (exact) mass is 287 g/mol. The first kappa shape index (κ1) is 14.3. The summed E-state index contributed by atoms with van der Waals surface area (Å²) in [6.45, 7) is 1.29. The SMILES string of the molecule is CC(F)(F)CC(=O)N1CCCC1c1ccccc1Cl. The Hall–Kier alpha value is -1.16. The van der Waals surface area contributed by atoms with Gasteiger partial charge >= 0.3 is 0 Å². The average Bonchev–Trinajstić information content (AvgIpc) is 2.76. The van der Waals surface area contributed by atoms with Crippen LogP contribution in [0.1, 0.15) is 37.8 Å². The summed E-state index contributed by atoms with van der Waals surface area (Å²) in [5, 5.41) is 0.579. The lowest BCUT2D eigenvalue weighted by Crippen LogP contribution is -2.34. The maximum absolute atomic E-state index is 13.0. The van der Waals surface area contributed by atoms with Crippen molar-refractivity contribution in [3.63, 3.8) is 0 Å². The summed E-state index contributed by atoms with van der Waals surface area (Å²) in [6, 6.07) is 7.09. The Morgan fingerprint density at radius 3 is 2.79 bits per heavy atom. The van der Waals surface area contributed by atoms with E-state index in [9.17, 15) is 13.6 Å². The fourth-order valence-electron chi connectivity index (χ4n) is 2.50. The summed E-state index contributed by atoms with van der Waals surface area (Å²) < 4.78 is 25.9. The number of carbonyl (C=O) groups excluding carboxylic acids is 1. The molecule has 1 saturated heterocycles. The normalized spacial score (nSPS) is 19.8. The van der Waals surface area contributed by atoms with Crippen molar-refractivity contribution in [3.05, 3.63) is 34.9 Å². The highest BCUT2D eigenvalue weighted by Gasteiger charge is 2.35. The zero-order valence-corrected chi connectivity index (χ0v) is 11.5. The predicted molar refractivity (Wildman–Crippen MR) is 70.4 cm³/mol. The quantitative estimate of drug-likeness (QED) is 0.821. The van der Waals surface area contributed by atoms with Gasteiger partial charge in [0.2, 0.25) is 5.91 Å². The van der Waals surface area contributed by atoms with E-state index in [1.807, 2.05) is 18.2 Å². The summed E-state index contributed by atoms with van der Waals surface area (Å²) in [5.74, 6) is -3.47. The molecule has 1 unspecified atom stereocenters. The molecule has 0 aromatic heterocycles. The second-order valence-corrected chi connectivity index (χ2v) is 5.42. The van der Waals surface area contributed by atoms with Crippen LogP contribution in [0.4, 0.5) is 8.78 Å². The largest absolute Gasteiger partial charge is 0.335 e. The molecule has 2 rings (SSSR count). The third kappa shape index (κ3) is 3.44. The zero-order chi connectivity index (χ0) is 14.0. The van der Waals surface area contributed by atoms with Crippen LogP contribution in [0.15, 0.2) is 24.3 Å². The van der Waals surface area contributed by atoms with Gasteiger partial charge in [0.15, 0.2) is 0 Å². The van der Waals surface area contributed by atoms with Gasteiger partial charge in [-0.15, -0.1) is 0 Å². The molecule has 2 nitrogen and oxygen atoms in total. The molecule has 0 aliphatic carbocycles. The van der Waals surface area contributed by atoms with Crippen molar-refractivity contribution < 1.29 is 13.6 Å². The minimum atomic E-state index is -2.97. The summed E-state index contributed by atoms with van der Waals surface area (Å²) in [7, 11) is 0. The van der Waals surface area contributed by atoms with E-state index >= 15 is 0 Å². The van der Waals surface area contributed by atoms with E-state index in [-0.39, 0.29) is 6.04 Å². The number of amides is 1. The molecular weight excluding hydrogens is 272 g/mol. The number of likely N-dealkylation sites (tertiary alicyclic amines) is 1. The molecule has 5 heteroatoms. The lowest BCUT2D eigenvalue weighted by Gasteiger charge is -2.27. The lowest BCUT2D eigenvalue weighted by molar-refractivity contribution is -0.138. The highest BCUT2D eigenvalue weighted by atomic mass is 35.5. The molecule has 104 valence electrons. The molecule has 19 heavy (non-hydrogen) atoms. The molecule has 1 aromatic carbocycles. The van der Waals surface area contributed by atoms with Crippen molar-refractivity contribution in [1.82, 2.24) is 4.90 Å². The summed E-state index contributed by atoms with van der Waals surface area (Å²) in [4.78, 5) is 13.5. The van der Waals surface area contributed by atoms with Crippen LogP contribution < -0.4 is 0 Å². The Morgan fingerprint density at radius 2 is 2.16 bits per heavy atom. The molecule has 1 amide bonds. The molecular formula is C14H16ClF2NO.